The molecule has 1 aromatic rings. The maximum Gasteiger partial charge on any atom is 0.0717 e. The molecule has 16 heavy (non-hydrogen) atoms. The first-order valence-corrected chi connectivity index (χ1v) is 6.99. The van der Waals surface area contributed by atoms with Gasteiger partial charge < -0.3 is 4.74 Å². The molecular weight excluding hydrogens is 284 g/mol. The fourth-order valence-electron chi connectivity index (χ4n) is 1.41. The van der Waals surface area contributed by atoms with Gasteiger partial charge in [-0.15, -0.1) is 0 Å². The minimum atomic E-state index is 0.537. The molecule has 0 aliphatic rings. The van der Waals surface area contributed by atoms with Gasteiger partial charge in [0, 0.05) is 4.47 Å². The van der Waals surface area contributed by atoms with E-state index in [-0.39, 0.29) is 0 Å². The molecule has 0 bridgehead atoms. The largest absolute Gasteiger partial charge is 0.376 e. The summed E-state index contributed by atoms with van der Waals surface area (Å²) in [6, 6.07) is 8.22. The van der Waals surface area contributed by atoms with Crippen molar-refractivity contribution in [3.63, 3.8) is 0 Å². The Morgan fingerprint density at radius 3 is 2.69 bits per heavy atom. The van der Waals surface area contributed by atoms with E-state index in [1.807, 2.05) is 12.1 Å². The van der Waals surface area contributed by atoms with Crippen LogP contribution in [0.5, 0.6) is 0 Å². The third-order valence-electron chi connectivity index (χ3n) is 2.67. The van der Waals surface area contributed by atoms with Crippen LogP contribution in [0, 0.1) is 11.8 Å². The highest BCUT2D eigenvalue weighted by molar-refractivity contribution is 9.10. The summed E-state index contributed by atoms with van der Waals surface area (Å²) < 4.78 is 6.82. The molecule has 90 valence electrons. The van der Waals surface area contributed by atoms with Gasteiger partial charge in [0.1, 0.15) is 0 Å². The molecule has 0 saturated heterocycles. The fourth-order valence-corrected chi connectivity index (χ4v) is 2.38. The molecule has 0 saturated carbocycles. The molecule has 1 rings (SSSR count). The van der Waals surface area contributed by atoms with Crippen LogP contribution in [0.4, 0.5) is 0 Å². The topological polar surface area (TPSA) is 9.23 Å². The maximum absolute atomic E-state index is 5.72. The fraction of sp³-hybridized carbons (Fsp3) is 0.538. The molecule has 1 atom stereocenters. The standard InChI is InChI=1S/C13H19BrOS/c1-10(2)12(9-16)8-15-7-11-4-3-5-13(14)6-11/h3-6,10,12,16H,7-9H2,1-2H3. The first kappa shape index (κ1) is 14.1. The Morgan fingerprint density at radius 2 is 2.12 bits per heavy atom. The van der Waals surface area contributed by atoms with Crippen molar-refractivity contribution in [2.24, 2.45) is 11.8 Å². The van der Waals surface area contributed by atoms with Gasteiger partial charge in [0.25, 0.3) is 0 Å². The van der Waals surface area contributed by atoms with Gasteiger partial charge >= 0.3 is 0 Å². The molecule has 1 unspecified atom stereocenters. The van der Waals surface area contributed by atoms with Crippen molar-refractivity contribution in [2.75, 3.05) is 12.4 Å². The Morgan fingerprint density at radius 1 is 1.38 bits per heavy atom. The monoisotopic (exact) mass is 302 g/mol. The molecule has 1 aromatic carbocycles. The lowest BCUT2D eigenvalue weighted by Gasteiger charge is -2.18. The molecular formula is C13H19BrOS. The van der Waals surface area contributed by atoms with Crippen molar-refractivity contribution in [2.45, 2.75) is 20.5 Å². The molecule has 0 fully saturated rings. The molecule has 0 radical (unpaired) electrons. The van der Waals surface area contributed by atoms with Crippen LogP contribution in [0.1, 0.15) is 19.4 Å². The van der Waals surface area contributed by atoms with Crippen LogP contribution in [0.25, 0.3) is 0 Å². The van der Waals surface area contributed by atoms with E-state index in [9.17, 15) is 0 Å². The minimum Gasteiger partial charge on any atom is -0.376 e. The summed E-state index contributed by atoms with van der Waals surface area (Å²) in [5.41, 5.74) is 1.20. The smallest absolute Gasteiger partial charge is 0.0717 e. The van der Waals surface area contributed by atoms with Crippen LogP contribution in [0.3, 0.4) is 0 Å². The molecule has 0 aliphatic heterocycles. The highest BCUT2D eigenvalue weighted by atomic mass is 79.9. The summed E-state index contributed by atoms with van der Waals surface area (Å²) in [6.07, 6.45) is 0. The van der Waals surface area contributed by atoms with E-state index in [0.717, 1.165) is 16.8 Å². The zero-order valence-corrected chi connectivity index (χ0v) is 12.3. The molecule has 3 heteroatoms. The van der Waals surface area contributed by atoms with Gasteiger partial charge in [-0.05, 0) is 35.3 Å². The number of thiol groups is 1. The molecule has 0 heterocycles. The van der Waals surface area contributed by atoms with Crippen molar-refractivity contribution in [3.05, 3.63) is 34.3 Å². The average molecular weight is 303 g/mol. The Kier molecular flexibility index (Phi) is 6.47. The van der Waals surface area contributed by atoms with Gasteiger partial charge in [0.05, 0.1) is 13.2 Å². The molecule has 0 N–H and O–H groups in total. The van der Waals surface area contributed by atoms with E-state index >= 15 is 0 Å². The Hall–Kier alpha value is 0.01000. The number of rotatable bonds is 6. The van der Waals surface area contributed by atoms with Crippen molar-refractivity contribution in [3.8, 4) is 0 Å². The summed E-state index contributed by atoms with van der Waals surface area (Å²) in [7, 11) is 0. The number of hydrogen-bond donors (Lipinski definition) is 1. The average Bonchev–Trinajstić information content (AvgIpc) is 2.24. The Balaban J connectivity index is 2.35. The van der Waals surface area contributed by atoms with E-state index in [1.54, 1.807) is 0 Å². The summed E-state index contributed by atoms with van der Waals surface area (Å²) in [5.74, 6) is 2.05. The van der Waals surface area contributed by atoms with Crippen molar-refractivity contribution >= 4 is 28.6 Å². The van der Waals surface area contributed by atoms with Crippen LogP contribution >= 0.6 is 28.6 Å². The summed E-state index contributed by atoms with van der Waals surface area (Å²) in [5, 5.41) is 0. The summed E-state index contributed by atoms with van der Waals surface area (Å²) >= 11 is 7.80. The van der Waals surface area contributed by atoms with E-state index in [1.165, 1.54) is 5.56 Å². The van der Waals surface area contributed by atoms with Crippen molar-refractivity contribution < 1.29 is 4.74 Å². The quantitative estimate of drug-likeness (QED) is 0.776. The van der Waals surface area contributed by atoms with E-state index in [2.05, 4.69) is 54.5 Å². The van der Waals surface area contributed by atoms with Crippen LogP contribution < -0.4 is 0 Å². The van der Waals surface area contributed by atoms with Crippen LogP contribution in [-0.2, 0) is 11.3 Å². The number of ether oxygens (including phenoxy) is 1. The van der Waals surface area contributed by atoms with Crippen molar-refractivity contribution in [1.29, 1.82) is 0 Å². The second kappa shape index (κ2) is 7.36. The second-order valence-electron chi connectivity index (χ2n) is 4.33. The van der Waals surface area contributed by atoms with Crippen molar-refractivity contribution in [1.82, 2.24) is 0 Å². The molecule has 0 aromatic heterocycles. The summed E-state index contributed by atoms with van der Waals surface area (Å²) in [6.45, 7) is 5.89. The molecule has 1 nitrogen and oxygen atoms in total. The lowest BCUT2D eigenvalue weighted by molar-refractivity contribution is 0.0797. The van der Waals surface area contributed by atoms with Gasteiger partial charge in [0.2, 0.25) is 0 Å². The first-order chi connectivity index (χ1) is 7.63. The SMILES string of the molecule is CC(C)C(CS)COCc1cccc(Br)c1. The number of hydrogen-bond acceptors (Lipinski definition) is 2. The third kappa shape index (κ3) is 4.89. The third-order valence-corrected chi connectivity index (χ3v) is 3.63. The van der Waals surface area contributed by atoms with Crippen LogP contribution in [-0.4, -0.2) is 12.4 Å². The second-order valence-corrected chi connectivity index (χ2v) is 5.61. The predicted octanol–water partition coefficient (Wildman–Crippen LogP) is 4.17. The zero-order valence-electron chi connectivity index (χ0n) is 9.82. The molecule has 0 amide bonds. The lowest BCUT2D eigenvalue weighted by Crippen LogP contribution is -2.17. The molecule has 0 spiro atoms. The predicted molar refractivity (Wildman–Crippen MR) is 76.0 cm³/mol. The number of benzene rings is 1. The molecule has 0 aliphatic carbocycles. The highest BCUT2D eigenvalue weighted by Crippen LogP contribution is 2.15. The summed E-state index contributed by atoms with van der Waals surface area (Å²) in [4.78, 5) is 0. The van der Waals surface area contributed by atoms with Gasteiger partial charge in [-0.2, -0.15) is 12.6 Å². The van der Waals surface area contributed by atoms with E-state index in [4.69, 9.17) is 4.74 Å². The van der Waals surface area contributed by atoms with E-state index in [0.29, 0.717) is 18.4 Å². The van der Waals surface area contributed by atoms with Gasteiger partial charge in [0.15, 0.2) is 0 Å². The first-order valence-electron chi connectivity index (χ1n) is 5.56. The maximum atomic E-state index is 5.72. The van der Waals surface area contributed by atoms with Crippen LogP contribution in [0.2, 0.25) is 0 Å². The zero-order chi connectivity index (χ0) is 12.0. The Bertz CT molecular complexity index is 315. The normalized spacial score (nSPS) is 13.1. The lowest BCUT2D eigenvalue weighted by atomic mass is 9.99. The van der Waals surface area contributed by atoms with E-state index < -0.39 is 0 Å². The van der Waals surface area contributed by atoms with Crippen LogP contribution in [0.15, 0.2) is 28.7 Å². The van der Waals surface area contributed by atoms with Gasteiger partial charge in [-0.3, -0.25) is 0 Å². The van der Waals surface area contributed by atoms with Gasteiger partial charge in [-0.1, -0.05) is 41.9 Å². The minimum absolute atomic E-state index is 0.537. The van der Waals surface area contributed by atoms with Gasteiger partial charge in [-0.25, -0.2) is 0 Å². The highest BCUT2D eigenvalue weighted by Gasteiger charge is 2.11. The number of halogens is 1. The Labute approximate surface area is 112 Å².